The fraction of sp³-hybridized carbons (Fsp3) is 0. The first-order chi connectivity index (χ1) is 20.3. The molecular weight excluding hydrogens is 502 g/mol. The number of rotatable bonds is 4. The fourth-order valence-electron chi connectivity index (χ4n) is 5.42. The monoisotopic (exact) mass is 525 g/mol. The van der Waals surface area contributed by atoms with Crippen molar-refractivity contribution in [1.82, 2.24) is 25.0 Å². The van der Waals surface area contributed by atoms with Gasteiger partial charge in [-0.15, -0.1) is 10.2 Å². The molecule has 8 rings (SSSR count). The number of fused-ring (bicyclic) bond motifs is 4. The SMILES string of the molecule is c1ccc(-c2ccc3cc(-c4cccc(-n5nc6ccccc6n5)c4)c4ccc(-c5ccccc5)nc4c3n2)cc1. The molecular formula is C36H23N5. The highest BCUT2D eigenvalue weighted by Crippen LogP contribution is 2.36. The molecule has 0 atom stereocenters. The van der Waals surface area contributed by atoms with Crippen molar-refractivity contribution in [2.24, 2.45) is 0 Å². The molecule has 3 heterocycles. The lowest BCUT2D eigenvalue weighted by Gasteiger charge is -2.13. The van der Waals surface area contributed by atoms with Gasteiger partial charge in [-0.25, -0.2) is 9.97 Å². The molecule has 8 aromatic rings. The Bertz CT molecular complexity index is 2170. The minimum Gasteiger partial charge on any atom is -0.245 e. The zero-order chi connectivity index (χ0) is 27.2. The number of pyridine rings is 2. The molecule has 0 aliphatic rings. The van der Waals surface area contributed by atoms with Gasteiger partial charge >= 0.3 is 0 Å². The van der Waals surface area contributed by atoms with Crippen molar-refractivity contribution in [2.45, 2.75) is 0 Å². The van der Waals surface area contributed by atoms with Crippen LogP contribution in [-0.4, -0.2) is 25.0 Å². The van der Waals surface area contributed by atoms with Crippen LogP contribution in [0.3, 0.4) is 0 Å². The van der Waals surface area contributed by atoms with E-state index in [1.54, 1.807) is 4.80 Å². The van der Waals surface area contributed by atoms with Crippen LogP contribution in [0.15, 0.2) is 140 Å². The lowest BCUT2D eigenvalue weighted by Crippen LogP contribution is -1.99. The van der Waals surface area contributed by atoms with E-state index in [0.717, 1.165) is 72.2 Å². The molecule has 5 nitrogen and oxygen atoms in total. The van der Waals surface area contributed by atoms with Gasteiger partial charge in [0.05, 0.1) is 28.1 Å². The maximum atomic E-state index is 5.21. The van der Waals surface area contributed by atoms with E-state index in [0.29, 0.717) is 0 Å². The third-order valence-corrected chi connectivity index (χ3v) is 7.45. The minimum absolute atomic E-state index is 0.868. The van der Waals surface area contributed by atoms with E-state index < -0.39 is 0 Å². The standard InChI is InChI=1S/C36H23N5/c1-3-10-24(11-4-1)31-20-18-27-23-30(26-14-9-15-28(22-26)41-39-33-16-7-8-17-34(33)40-41)29-19-21-32(25-12-5-2-6-13-25)38-36(29)35(27)37-31/h1-23H. The van der Waals surface area contributed by atoms with Crippen LogP contribution in [0.2, 0.25) is 0 Å². The second-order valence-electron chi connectivity index (χ2n) is 10.0. The van der Waals surface area contributed by atoms with Gasteiger partial charge < -0.3 is 0 Å². The van der Waals surface area contributed by atoms with Crippen molar-refractivity contribution in [3.63, 3.8) is 0 Å². The predicted molar refractivity (Wildman–Crippen MR) is 166 cm³/mol. The maximum Gasteiger partial charge on any atom is 0.113 e. The zero-order valence-corrected chi connectivity index (χ0v) is 22.0. The van der Waals surface area contributed by atoms with Gasteiger partial charge in [-0.2, -0.15) is 4.80 Å². The van der Waals surface area contributed by atoms with Crippen LogP contribution < -0.4 is 0 Å². The van der Waals surface area contributed by atoms with E-state index in [1.165, 1.54) is 0 Å². The molecule has 0 aliphatic carbocycles. The Morgan fingerprint density at radius 2 is 1.02 bits per heavy atom. The third-order valence-electron chi connectivity index (χ3n) is 7.45. The molecule has 41 heavy (non-hydrogen) atoms. The second kappa shape index (κ2) is 9.50. The summed E-state index contributed by atoms with van der Waals surface area (Å²) in [5, 5.41) is 11.5. The van der Waals surface area contributed by atoms with E-state index >= 15 is 0 Å². The molecule has 192 valence electrons. The summed E-state index contributed by atoms with van der Waals surface area (Å²) in [6, 6.07) is 47.6. The highest BCUT2D eigenvalue weighted by Gasteiger charge is 2.15. The van der Waals surface area contributed by atoms with E-state index in [4.69, 9.17) is 20.2 Å². The van der Waals surface area contributed by atoms with Gasteiger partial charge in [-0.05, 0) is 59.7 Å². The summed E-state index contributed by atoms with van der Waals surface area (Å²) in [4.78, 5) is 12.1. The number of hydrogen-bond acceptors (Lipinski definition) is 4. The second-order valence-corrected chi connectivity index (χ2v) is 10.0. The van der Waals surface area contributed by atoms with Crippen LogP contribution in [0.4, 0.5) is 0 Å². The highest BCUT2D eigenvalue weighted by atomic mass is 15.5. The van der Waals surface area contributed by atoms with Crippen molar-refractivity contribution in [1.29, 1.82) is 0 Å². The summed E-state index contributed by atoms with van der Waals surface area (Å²) >= 11 is 0. The zero-order valence-electron chi connectivity index (χ0n) is 22.0. The lowest BCUT2D eigenvalue weighted by atomic mass is 9.96. The Morgan fingerprint density at radius 3 is 1.71 bits per heavy atom. The first kappa shape index (κ1) is 23.2. The van der Waals surface area contributed by atoms with E-state index in [9.17, 15) is 0 Å². The lowest BCUT2D eigenvalue weighted by molar-refractivity contribution is 0.766. The Balaban J connectivity index is 1.35. The van der Waals surface area contributed by atoms with Crippen LogP contribution in [0.1, 0.15) is 0 Å². The molecule has 0 saturated heterocycles. The van der Waals surface area contributed by atoms with Gasteiger partial charge in [0, 0.05) is 21.9 Å². The fourth-order valence-corrected chi connectivity index (χ4v) is 5.42. The van der Waals surface area contributed by atoms with Gasteiger partial charge in [0.15, 0.2) is 0 Å². The molecule has 3 aromatic heterocycles. The van der Waals surface area contributed by atoms with E-state index in [-0.39, 0.29) is 0 Å². The van der Waals surface area contributed by atoms with Crippen LogP contribution in [0.25, 0.3) is 72.2 Å². The minimum atomic E-state index is 0.868. The first-order valence-electron chi connectivity index (χ1n) is 13.6. The Hall–Kier alpha value is -5.68. The van der Waals surface area contributed by atoms with Crippen LogP contribution in [0.5, 0.6) is 0 Å². The topological polar surface area (TPSA) is 56.5 Å². The molecule has 0 N–H and O–H groups in total. The van der Waals surface area contributed by atoms with Crippen molar-refractivity contribution in [3.05, 3.63) is 140 Å². The number of benzene rings is 5. The van der Waals surface area contributed by atoms with E-state index in [2.05, 4.69) is 72.8 Å². The molecule has 0 aliphatic heterocycles. The van der Waals surface area contributed by atoms with Crippen LogP contribution >= 0.6 is 0 Å². The van der Waals surface area contributed by atoms with Gasteiger partial charge in [0.1, 0.15) is 11.0 Å². The molecule has 0 spiro atoms. The quantitative estimate of drug-likeness (QED) is 0.216. The summed E-state index contributed by atoms with van der Waals surface area (Å²) in [5.41, 5.74) is 10.6. The van der Waals surface area contributed by atoms with Gasteiger partial charge in [0.2, 0.25) is 0 Å². The maximum absolute atomic E-state index is 5.21. The molecule has 0 saturated carbocycles. The van der Waals surface area contributed by atoms with E-state index in [1.807, 2.05) is 66.7 Å². The molecule has 0 fully saturated rings. The number of nitrogens with zero attached hydrogens (tertiary/aromatic N) is 5. The largest absolute Gasteiger partial charge is 0.245 e. The molecule has 0 radical (unpaired) electrons. The molecule has 0 unspecified atom stereocenters. The van der Waals surface area contributed by atoms with Crippen LogP contribution in [-0.2, 0) is 0 Å². The summed E-state index contributed by atoms with van der Waals surface area (Å²) in [6.07, 6.45) is 0. The normalized spacial score (nSPS) is 11.4. The Morgan fingerprint density at radius 1 is 0.439 bits per heavy atom. The number of aromatic nitrogens is 5. The summed E-state index contributed by atoms with van der Waals surface area (Å²) in [5.74, 6) is 0. The smallest absolute Gasteiger partial charge is 0.113 e. The van der Waals surface area contributed by atoms with Crippen molar-refractivity contribution < 1.29 is 0 Å². The predicted octanol–water partition coefficient (Wildman–Crippen LogP) is 8.52. The third kappa shape index (κ3) is 4.12. The van der Waals surface area contributed by atoms with Crippen LogP contribution in [0, 0.1) is 0 Å². The summed E-state index contributed by atoms with van der Waals surface area (Å²) in [7, 11) is 0. The van der Waals surface area contributed by atoms with Gasteiger partial charge in [-0.1, -0.05) is 91.0 Å². The van der Waals surface area contributed by atoms with Crippen molar-refractivity contribution >= 4 is 32.8 Å². The molecule has 5 aromatic carbocycles. The van der Waals surface area contributed by atoms with Crippen molar-refractivity contribution in [2.75, 3.05) is 0 Å². The Kier molecular flexibility index (Phi) is 5.38. The number of hydrogen-bond donors (Lipinski definition) is 0. The van der Waals surface area contributed by atoms with Crippen molar-refractivity contribution in [3.8, 4) is 39.3 Å². The summed E-state index contributed by atoms with van der Waals surface area (Å²) < 4.78 is 0. The molecule has 5 heteroatoms. The highest BCUT2D eigenvalue weighted by molar-refractivity contribution is 6.11. The molecule has 0 amide bonds. The average Bonchev–Trinajstić information content (AvgIpc) is 3.49. The summed E-state index contributed by atoms with van der Waals surface area (Å²) in [6.45, 7) is 0. The average molecular weight is 526 g/mol. The first-order valence-corrected chi connectivity index (χ1v) is 13.6. The van der Waals surface area contributed by atoms with Gasteiger partial charge in [0.25, 0.3) is 0 Å². The van der Waals surface area contributed by atoms with Gasteiger partial charge in [-0.3, -0.25) is 0 Å². The Labute approximate surface area is 236 Å². The molecule has 0 bridgehead atoms.